The first-order chi connectivity index (χ1) is 12.6. The number of rotatable bonds is 2. The van der Waals surface area contributed by atoms with E-state index in [1.807, 2.05) is 34.1 Å². The summed E-state index contributed by atoms with van der Waals surface area (Å²) in [4.78, 5) is 27.0. The number of benzene rings is 1. The number of nitro groups is 1. The number of aliphatic imine (C=N–C) groups is 2. The lowest BCUT2D eigenvalue weighted by atomic mass is 10.1. The molecule has 0 radical (unpaired) electrons. The number of allylic oxidation sites excluding steroid dienone is 1. The molecule has 3 heterocycles. The third kappa shape index (κ3) is 2.76. The third-order valence-corrected chi connectivity index (χ3v) is 5.25. The number of piperazine rings is 1. The average Bonchev–Trinajstić information content (AvgIpc) is 2.66. The monoisotopic (exact) mass is 354 g/mol. The van der Waals surface area contributed by atoms with Crippen LogP contribution in [-0.2, 0) is 6.54 Å². The lowest BCUT2D eigenvalue weighted by Gasteiger charge is -2.38. The van der Waals surface area contributed by atoms with Gasteiger partial charge in [-0.05, 0) is 25.1 Å². The van der Waals surface area contributed by atoms with Crippen LogP contribution < -0.4 is 0 Å². The molecular formula is C18H22N6O2. The van der Waals surface area contributed by atoms with Gasteiger partial charge in [0.15, 0.2) is 0 Å². The van der Waals surface area contributed by atoms with Crippen molar-refractivity contribution >= 4 is 17.5 Å². The van der Waals surface area contributed by atoms with Crippen LogP contribution in [0.3, 0.4) is 0 Å². The SMILES string of the molecule is CCN1CCN(C2=NC3=Nc4ccccc4CN3C(C)=C2[N+](=O)[O-])CC1. The number of hydrogen-bond donors (Lipinski definition) is 0. The summed E-state index contributed by atoms with van der Waals surface area (Å²) in [6, 6.07) is 7.86. The van der Waals surface area contributed by atoms with Crippen LogP contribution >= 0.6 is 0 Å². The highest BCUT2D eigenvalue weighted by atomic mass is 16.6. The smallest absolute Gasteiger partial charge is 0.330 e. The molecule has 0 saturated carbocycles. The minimum Gasteiger partial charge on any atom is -0.348 e. The van der Waals surface area contributed by atoms with Crippen LogP contribution in [0.2, 0.25) is 0 Å². The summed E-state index contributed by atoms with van der Waals surface area (Å²) < 4.78 is 0. The van der Waals surface area contributed by atoms with E-state index in [0.717, 1.165) is 44.0 Å². The molecule has 3 aliphatic rings. The summed E-state index contributed by atoms with van der Waals surface area (Å²) in [5, 5.41) is 11.8. The van der Waals surface area contributed by atoms with E-state index in [1.165, 1.54) is 0 Å². The van der Waals surface area contributed by atoms with E-state index in [4.69, 9.17) is 0 Å². The fourth-order valence-electron chi connectivity index (χ4n) is 3.66. The molecule has 0 spiro atoms. The van der Waals surface area contributed by atoms with E-state index in [2.05, 4.69) is 21.8 Å². The van der Waals surface area contributed by atoms with Crippen molar-refractivity contribution in [3.63, 3.8) is 0 Å². The molecule has 3 aliphatic heterocycles. The van der Waals surface area contributed by atoms with Crippen LogP contribution in [0.4, 0.5) is 5.69 Å². The van der Waals surface area contributed by atoms with Gasteiger partial charge in [-0.1, -0.05) is 25.1 Å². The van der Waals surface area contributed by atoms with Crippen LogP contribution in [0, 0.1) is 10.1 Å². The molecule has 1 aromatic carbocycles. The molecule has 0 aromatic heterocycles. The van der Waals surface area contributed by atoms with Gasteiger partial charge in [-0.25, -0.2) is 4.99 Å². The lowest BCUT2D eigenvalue weighted by molar-refractivity contribution is -0.418. The van der Waals surface area contributed by atoms with Crippen molar-refractivity contribution in [1.29, 1.82) is 0 Å². The van der Waals surface area contributed by atoms with Gasteiger partial charge in [0.2, 0.25) is 11.8 Å². The van der Waals surface area contributed by atoms with Crippen molar-refractivity contribution in [2.24, 2.45) is 9.98 Å². The zero-order chi connectivity index (χ0) is 18.3. The molecular weight excluding hydrogens is 332 g/mol. The first-order valence-electron chi connectivity index (χ1n) is 8.94. The maximum absolute atomic E-state index is 11.8. The van der Waals surface area contributed by atoms with Crippen molar-refractivity contribution < 1.29 is 4.92 Å². The number of nitrogens with zero attached hydrogens (tertiary/aromatic N) is 6. The maximum atomic E-state index is 11.8. The number of fused-ring (bicyclic) bond motifs is 2. The third-order valence-electron chi connectivity index (χ3n) is 5.25. The quantitative estimate of drug-likeness (QED) is 0.600. The Morgan fingerprint density at radius 3 is 2.58 bits per heavy atom. The fourth-order valence-corrected chi connectivity index (χ4v) is 3.66. The van der Waals surface area contributed by atoms with Crippen LogP contribution in [0.5, 0.6) is 0 Å². The molecule has 1 saturated heterocycles. The van der Waals surface area contributed by atoms with Gasteiger partial charge in [-0.3, -0.25) is 10.1 Å². The second-order valence-electron chi connectivity index (χ2n) is 6.67. The lowest BCUT2D eigenvalue weighted by Crippen LogP contribution is -2.51. The topological polar surface area (TPSA) is 77.6 Å². The van der Waals surface area contributed by atoms with E-state index in [-0.39, 0.29) is 10.6 Å². The predicted molar refractivity (Wildman–Crippen MR) is 99.9 cm³/mol. The van der Waals surface area contributed by atoms with Gasteiger partial charge in [-0.2, -0.15) is 4.99 Å². The van der Waals surface area contributed by atoms with Crippen molar-refractivity contribution in [1.82, 2.24) is 14.7 Å². The van der Waals surface area contributed by atoms with E-state index in [0.29, 0.717) is 24.0 Å². The summed E-state index contributed by atoms with van der Waals surface area (Å²) >= 11 is 0. The minimum atomic E-state index is -0.308. The van der Waals surface area contributed by atoms with Crippen LogP contribution in [0.15, 0.2) is 45.6 Å². The van der Waals surface area contributed by atoms with Crippen molar-refractivity contribution in [3.8, 4) is 0 Å². The van der Waals surface area contributed by atoms with Crippen molar-refractivity contribution in [2.45, 2.75) is 20.4 Å². The Morgan fingerprint density at radius 2 is 1.88 bits per heavy atom. The summed E-state index contributed by atoms with van der Waals surface area (Å²) in [6.45, 7) is 8.72. The Bertz CT molecular complexity index is 836. The van der Waals surface area contributed by atoms with Gasteiger partial charge in [-0.15, -0.1) is 0 Å². The highest BCUT2D eigenvalue weighted by Crippen LogP contribution is 2.32. The van der Waals surface area contributed by atoms with Gasteiger partial charge in [0.05, 0.1) is 17.2 Å². The van der Waals surface area contributed by atoms with E-state index in [9.17, 15) is 10.1 Å². The minimum absolute atomic E-state index is 0.0910. The molecule has 0 N–H and O–H groups in total. The Morgan fingerprint density at radius 1 is 1.15 bits per heavy atom. The Labute approximate surface area is 152 Å². The fraction of sp³-hybridized carbons (Fsp3) is 0.444. The predicted octanol–water partition coefficient (Wildman–Crippen LogP) is 2.05. The summed E-state index contributed by atoms with van der Waals surface area (Å²) in [5.41, 5.74) is 2.63. The number of guanidine groups is 1. The molecule has 1 aromatic rings. The second kappa shape index (κ2) is 6.53. The van der Waals surface area contributed by atoms with Gasteiger partial charge in [0.1, 0.15) is 5.70 Å². The summed E-state index contributed by atoms with van der Waals surface area (Å²) in [5.74, 6) is 0.984. The Balaban J connectivity index is 1.74. The molecule has 1 fully saturated rings. The normalized spacial score (nSPS) is 20.4. The molecule has 0 unspecified atom stereocenters. The van der Waals surface area contributed by atoms with Crippen LogP contribution in [0.25, 0.3) is 0 Å². The number of amidine groups is 1. The van der Waals surface area contributed by atoms with Crippen molar-refractivity contribution in [2.75, 3.05) is 32.7 Å². The number of hydrogen-bond acceptors (Lipinski definition) is 7. The molecule has 0 bridgehead atoms. The molecule has 0 atom stereocenters. The van der Waals surface area contributed by atoms with Gasteiger partial charge in [0, 0.05) is 26.2 Å². The first kappa shape index (κ1) is 16.7. The molecule has 4 rings (SSSR count). The molecule has 8 nitrogen and oxygen atoms in total. The molecule has 0 aliphatic carbocycles. The van der Waals surface area contributed by atoms with E-state index < -0.39 is 0 Å². The second-order valence-corrected chi connectivity index (χ2v) is 6.67. The summed E-state index contributed by atoms with van der Waals surface area (Å²) in [7, 11) is 0. The largest absolute Gasteiger partial charge is 0.348 e. The van der Waals surface area contributed by atoms with Gasteiger partial charge < -0.3 is 14.7 Å². The maximum Gasteiger partial charge on any atom is 0.330 e. The Kier molecular flexibility index (Phi) is 4.20. The number of para-hydroxylation sites is 1. The Hall–Kier alpha value is -2.74. The van der Waals surface area contributed by atoms with Gasteiger partial charge >= 0.3 is 5.70 Å². The molecule has 0 amide bonds. The molecule has 26 heavy (non-hydrogen) atoms. The van der Waals surface area contributed by atoms with E-state index in [1.54, 1.807) is 6.92 Å². The van der Waals surface area contributed by atoms with E-state index >= 15 is 0 Å². The zero-order valence-corrected chi connectivity index (χ0v) is 15.1. The zero-order valence-electron chi connectivity index (χ0n) is 15.1. The summed E-state index contributed by atoms with van der Waals surface area (Å²) in [6.07, 6.45) is 0. The molecule has 136 valence electrons. The average molecular weight is 354 g/mol. The number of likely N-dealkylation sites (N-methyl/N-ethyl adjacent to an activating group) is 1. The van der Waals surface area contributed by atoms with Crippen LogP contribution in [-0.4, -0.2) is 64.1 Å². The first-order valence-corrected chi connectivity index (χ1v) is 8.94. The van der Waals surface area contributed by atoms with Crippen LogP contribution in [0.1, 0.15) is 19.4 Å². The highest BCUT2D eigenvalue weighted by molar-refractivity contribution is 6.08. The highest BCUT2D eigenvalue weighted by Gasteiger charge is 2.38. The standard InChI is InChI=1S/C18H22N6O2/c1-3-21-8-10-22(11-9-21)17-16(24(25)26)13(2)23-12-14-6-4-5-7-15(14)19-18(23)20-17/h4-7H,3,8-12H2,1-2H3. The van der Waals surface area contributed by atoms with Gasteiger partial charge in [0.25, 0.3) is 0 Å². The van der Waals surface area contributed by atoms with Crippen molar-refractivity contribution in [3.05, 3.63) is 51.3 Å². The molecule has 8 heteroatoms.